The Hall–Kier alpha value is -1.50. The summed E-state index contributed by atoms with van der Waals surface area (Å²) < 4.78 is 0. The Morgan fingerprint density at radius 3 is 2.70 bits per heavy atom. The van der Waals surface area contributed by atoms with Crippen LogP contribution in [0.2, 0.25) is 0 Å². The van der Waals surface area contributed by atoms with Crippen molar-refractivity contribution < 1.29 is 5.11 Å². The Labute approximate surface area is 123 Å². The van der Waals surface area contributed by atoms with Crippen molar-refractivity contribution in [2.45, 2.75) is 40.5 Å². The SMILES string of the molecule is CC1C=CC(C(C)C(C)(C)Cc2cccc(O)c2)=CC1. The van der Waals surface area contributed by atoms with Gasteiger partial charge in [-0.1, -0.05) is 58.1 Å². The van der Waals surface area contributed by atoms with Gasteiger partial charge in [-0.05, 0) is 53.4 Å². The second kappa shape index (κ2) is 5.87. The molecule has 2 atom stereocenters. The molecule has 0 radical (unpaired) electrons. The lowest BCUT2D eigenvalue weighted by Crippen LogP contribution is -2.26. The van der Waals surface area contributed by atoms with Crippen LogP contribution < -0.4 is 0 Å². The van der Waals surface area contributed by atoms with Crippen LogP contribution in [-0.4, -0.2) is 5.11 Å². The van der Waals surface area contributed by atoms with Crippen molar-refractivity contribution in [3.63, 3.8) is 0 Å². The van der Waals surface area contributed by atoms with Crippen molar-refractivity contribution in [1.29, 1.82) is 0 Å². The van der Waals surface area contributed by atoms with E-state index in [1.165, 1.54) is 11.1 Å². The first-order valence-corrected chi connectivity index (χ1v) is 7.54. The molecule has 1 N–H and O–H groups in total. The predicted octanol–water partition coefficient (Wildman–Crippen LogP) is 5.12. The zero-order valence-electron chi connectivity index (χ0n) is 13.1. The van der Waals surface area contributed by atoms with Crippen molar-refractivity contribution >= 4 is 0 Å². The summed E-state index contributed by atoms with van der Waals surface area (Å²) in [5.41, 5.74) is 2.83. The van der Waals surface area contributed by atoms with Gasteiger partial charge in [0.2, 0.25) is 0 Å². The topological polar surface area (TPSA) is 20.2 Å². The highest BCUT2D eigenvalue weighted by Gasteiger charge is 2.28. The van der Waals surface area contributed by atoms with Gasteiger partial charge in [0.15, 0.2) is 0 Å². The van der Waals surface area contributed by atoms with Crippen LogP contribution in [0.4, 0.5) is 0 Å². The van der Waals surface area contributed by atoms with Gasteiger partial charge in [0, 0.05) is 0 Å². The molecular weight excluding hydrogens is 244 g/mol. The first-order valence-electron chi connectivity index (χ1n) is 7.54. The van der Waals surface area contributed by atoms with Crippen molar-refractivity contribution in [2.75, 3.05) is 0 Å². The standard InChI is InChI=1S/C19H26O/c1-14-8-10-17(11-9-14)15(2)19(3,4)13-16-6-5-7-18(20)12-16/h5-8,10-12,14-15,20H,9,13H2,1-4H3. The molecule has 1 aromatic carbocycles. The number of hydrogen-bond acceptors (Lipinski definition) is 1. The average molecular weight is 270 g/mol. The van der Waals surface area contributed by atoms with Crippen LogP contribution in [0.5, 0.6) is 5.75 Å². The molecule has 0 aliphatic heterocycles. The van der Waals surface area contributed by atoms with Crippen LogP contribution in [-0.2, 0) is 6.42 Å². The number of benzene rings is 1. The number of phenols is 1. The van der Waals surface area contributed by atoms with E-state index in [0.717, 1.165) is 12.8 Å². The van der Waals surface area contributed by atoms with Crippen LogP contribution >= 0.6 is 0 Å². The van der Waals surface area contributed by atoms with Gasteiger partial charge in [0.1, 0.15) is 5.75 Å². The molecule has 1 aromatic rings. The number of rotatable bonds is 4. The quantitative estimate of drug-likeness (QED) is 0.805. The third-order valence-electron chi connectivity index (χ3n) is 4.59. The molecule has 0 amide bonds. The van der Waals surface area contributed by atoms with Gasteiger partial charge in [-0.3, -0.25) is 0 Å². The van der Waals surface area contributed by atoms with Crippen molar-refractivity contribution in [1.82, 2.24) is 0 Å². The second-order valence-electron chi connectivity index (χ2n) is 6.83. The molecule has 1 aliphatic rings. The minimum absolute atomic E-state index is 0.171. The fourth-order valence-corrected chi connectivity index (χ4v) is 2.86. The van der Waals surface area contributed by atoms with Gasteiger partial charge in [0.05, 0.1) is 0 Å². The Balaban J connectivity index is 2.11. The lowest BCUT2D eigenvalue weighted by Gasteiger charge is -2.34. The van der Waals surface area contributed by atoms with Crippen LogP contribution in [0.15, 0.2) is 48.1 Å². The summed E-state index contributed by atoms with van der Waals surface area (Å²) in [6, 6.07) is 7.63. The molecule has 1 nitrogen and oxygen atoms in total. The highest BCUT2D eigenvalue weighted by molar-refractivity contribution is 5.30. The van der Waals surface area contributed by atoms with Crippen LogP contribution in [0, 0.1) is 17.3 Å². The summed E-state index contributed by atoms with van der Waals surface area (Å²) in [6.07, 6.45) is 9.13. The molecule has 0 bridgehead atoms. The zero-order chi connectivity index (χ0) is 14.8. The molecule has 0 spiro atoms. The van der Waals surface area contributed by atoms with E-state index in [0.29, 0.717) is 17.6 Å². The van der Waals surface area contributed by atoms with Gasteiger partial charge in [-0.2, -0.15) is 0 Å². The Morgan fingerprint density at radius 2 is 2.10 bits per heavy atom. The Bertz CT molecular complexity index is 522. The summed E-state index contributed by atoms with van der Waals surface area (Å²) >= 11 is 0. The van der Waals surface area contributed by atoms with Crippen LogP contribution in [0.25, 0.3) is 0 Å². The molecule has 0 saturated carbocycles. The monoisotopic (exact) mass is 270 g/mol. The smallest absolute Gasteiger partial charge is 0.115 e. The fraction of sp³-hybridized carbons (Fsp3) is 0.474. The Morgan fingerprint density at radius 1 is 1.35 bits per heavy atom. The van der Waals surface area contributed by atoms with Gasteiger partial charge in [-0.25, -0.2) is 0 Å². The third-order valence-corrected chi connectivity index (χ3v) is 4.59. The van der Waals surface area contributed by atoms with Crippen LogP contribution in [0.3, 0.4) is 0 Å². The molecule has 0 saturated heterocycles. The minimum Gasteiger partial charge on any atom is -0.508 e. The second-order valence-corrected chi connectivity index (χ2v) is 6.83. The van der Waals surface area contributed by atoms with E-state index in [2.05, 4.69) is 52.0 Å². The van der Waals surface area contributed by atoms with Gasteiger partial charge in [-0.15, -0.1) is 0 Å². The summed E-state index contributed by atoms with van der Waals surface area (Å²) in [7, 11) is 0. The van der Waals surface area contributed by atoms with Crippen molar-refractivity contribution in [3.8, 4) is 5.75 Å². The van der Waals surface area contributed by atoms with E-state index in [4.69, 9.17) is 0 Å². The fourth-order valence-electron chi connectivity index (χ4n) is 2.86. The molecule has 0 fully saturated rings. The lowest BCUT2D eigenvalue weighted by atomic mass is 9.71. The maximum Gasteiger partial charge on any atom is 0.115 e. The molecule has 0 aromatic heterocycles. The number of phenolic OH excluding ortho intramolecular Hbond substituents is 1. The van der Waals surface area contributed by atoms with Gasteiger partial charge < -0.3 is 5.11 Å². The highest BCUT2D eigenvalue weighted by atomic mass is 16.3. The molecule has 2 unspecified atom stereocenters. The zero-order valence-corrected chi connectivity index (χ0v) is 13.1. The molecular formula is C19H26O. The predicted molar refractivity (Wildman–Crippen MR) is 85.8 cm³/mol. The average Bonchev–Trinajstić information content (AvgIpc) is 2.38. The molecule has 2 rings (SSSR count). The molecule has 0 heterocycles. The van der Waals surface area contributed by atoms with E-state index in [-0.39, 0.29) is 5.41 Å². The molecule has 1 heteroatoms. The summed E-state index contributed by atoms with van der Waals surface area (Å²) in [5, 5.41) is 9.60. The van der Waals surface area contributed by atoms with E-state index in [1.807, 2.05) is 12.1 Å². The Kier molecular flexibility index (Phi) is 4.37. The van der Waals surface area contributed by atoms with Crippen molar-refractivity contribution in [2.24, 2.45) is 17.3 Å². The highest BCUT2D eigenvalue weighted by Crippen LogP contribution is 2.38. The largest absolute Gasteiger partial charge is 0.508 e. The third kappa shape index (κ3) is 3.53. The van der Waals surface area contributed by atoms with E-state index in [9.17, 15) is 5.11 Å². The maximum absolute atomic E-state index is 9.60. The van der Waals surface area contributed by atoms with E-state index >= 15 is 0 Å². The summed E-state index contributed by atoms with van der Waals surface area (Å²) in [5.74, 6) is 1.53. The van der Waals surface area contributed by atoms with Gasteiger partial charge >= 0.3 is 0 Å². The number of allylic oxidation sites excluding steroid dienone is 4. The molecule has 108 valence electrons. The van der Waals surface area contributed by atoms with Crippen LogP contribution in [0.1, 0.15) is 39.7 Å². The van der Waals surface area contributed by atoms with E-state index < -0.39 is 0 Å². The number of hydrogen-bond donors (Lipinski definition) is 1. The maximum atomic E-state index is 9.60. The first-order chi connectivity index (χ1) is 9.38. The minimum atomic E-state index is 0.171. The van der Waals surface area contributed by atoms with E-state index in [1.54, 1.807) is 6.07 Å². The van der Waals surface area contributed by atoms with Gasteiger partial charge in [0.25, 0.3) is 0 Å². The molecule has 20 heavy (non-hydrogen) atoms. The normalized spacial score (nSPS) is 20.6. The first kappa shape index (κ1) is 14.9. The lowest BCUT2D eigenvalue weighted by molar-refractivity contribution is 0.265. The summed E-state index contributed by atoms with van der Waals surface area (Å²) in [6.45, 7) is 9.20. The molecule has 1 aliphatic carbocycles. The van der Waals surface area contributed by atoms with Crippen molar-refractivity contribution in [3.05, 3.63) is 53.6 Å². The number of aromatic hydroxyl groups is 1. The summed E-state index contributed by atoms with van der Waals surface area (Å²) in [4.78, 5) is 0.